The average Bonchev–Trinajstić information content (AvgIpc) is 3.43. The lowest BCUT2D eigenvalue weighted by Crippen LogP contribution is -2.51. The van der Waals surface area contributed by atoms with Gasteiger partial charge in [0, 0.05) is 24.2 Å². The number of hydrogen-bond donors (Lipinski definition) is 1. The third-order valence-electron chi connectivity index (χ3n) is 6.39. The number of hydrogen-bond acceptors (Lipinski definition) is 6. The van der Waals surface area contributed by atoms with Crippen LogP contribution >= 0.6 is 11.6 Å². The summed E-state index contributed by atoms with van der Waals surface area (Å²) in [6, 6.07) is 11.6. The van der Waals surface area contributed by atoms with Gasteiger partial charge in [-0.3, -0.25) is 4.79 Å². The fourth-order valence-corrected chi connectivity index (χ4v) is 4.75. The quantitative estimate of drug-likeness (QED) is 0.432. The van der Waals surface area contributed by atoms with Gasteiger partial charge in [-0.1, -0.05) is 30.2 Å². The van der Waals surface area contributed by atoms with Crippen LogP contribution in [0.3, 0.4) is 0 Å². The van der Waals surface area contributed by atoms with Gasteiger partial charge in [-0.05, 0) is 56.9 Å². The lowest BCUT2D eigenvalue weighted by atomic mass is 9.90. The van der Waals surface area contributed by atoms with E-state index >= 15 is 0 Å². The summed E-state index contributed by atoms with van der Waals surface area (Å²) in [5, 5.41) is 12.7. The van der Waals surface area contributed by atoms with E-state index in [9.17, 15) is 4.79 Å². The molecule has 1 fully saturated rings. The van der Waals surface area contributed by atoms with Crippen molar-refractivity contribution in [2.45, 2.75) is 39.7 Å². The smallest absolute Gasteiger partial charge is 0.295 e. The number of nitrogens with zero attached hydrogens (tertiary/aromatic N) is 5. The van der Waals surface area contributed by atoms with Gasteiger partial charge in [-0.15, -0.1) is 0 Å². The van der Waals surface area contributed by atoms with E-state index in [1.54, 1.807) is 18.3 Å². The number of anilines is 1. The zero-order valence-electron chi connectivity index (χ0n) is 19.5. The SMILES string of the molecule is Cc1ccc(-n2ncc(C)n2)c(C(=O)N2CCC[C@@H](C)C2CNc2nc3ccc(Cl)cc3o2)c1. The normalized spacial score (nSPS) is 18.4. The first-order chi connectivity index (χ1) is 16.4. The van der Waals surface area contributed by atoms with Crippen molar-refractivity contribution >= 4 is 34.6 Å². The van der Waals surface area contributed by atoms with Crippen molar-refractivity contribution in [3.05, 3.63) is 64.4 Å². The Kier molecular flexibility index (Phi) is 6.00. The van der Waals surface area contributed by atoms with E-state index in [-0.39, 0.29) is 11.9 Å². The molecular weight excluding hydrogens is 452 g/mol. The number of nitrogens with one attached hydrogen (secondary N) is 1. The molecule has 4 aromatic rings. The second-order valence-electron chi connectivity index (χ2n) is 8.99. The summed E-state index contributed by atoms with van der Waals surface area (Å²) in [5.74, 6) is 0.304. The van der Waals surface area contributed by atoms with E-state index in [4.69, 9.17) is 16.0 Å². The van der Waals surface area contributed by atoms with Crippen LogP contribution in [0.25, 0.3) is 16.8 Å². The number of aromatic nitrogens is 4. The summed E-state index contributed by atoms with van der Waals surface area (Å²) in [6.07, 6.45) is 3.71. The minimum Gasteiger partial charge on any atom is -0.424 e. The lowest BCUT2D eigenvalue weighted by molar-refractivity contribution is 0.0539. The van der Waals surface area contributed by atoms with E-state index in [1.807, 2.05) is 43.0 Å². The van der Waals surface area contributed by atoms with Gasteiger partial charge in [0.05, 0.1) is 29.2 Å². The number of benzene rings is 2. The molecular formula is C25H27ClN6O2. The van der Waals surface area contributed by atoms with Gasteiger partial charge in [-0.2, -0.15) is 20.0 Å². The molecule has 1 unspecified atom stereocenters. The Bertz CT molecular complexity index is 1350. The number of piperidine rings is 1. The third-order valence-corrected chi connectivity index (χ3v) is 6.63. The van der Waals surface area contributed by atoms with Crippen molar-refractivity contribution in [1.29, 1.82) is 0 Å². The highest BCUT2D eigenvalue weighted by Gasteiger charge is 2.34. The van der Waals surface area contributed by atoms with Gasteiger partial charge in [0.2, 0.25) is 0 Å². The van der Waals surface area contributed by atoms with Gasteiger partial charge in [0.1, 0.15) is 5.52 Å². The Morgan fingerprint density at radius 1 is 1.24 bits per heavy atom. The van der Waals surface area contributed by atoms with Crippen LogP contribution in [-0.4, -0.2) is 49.9 Å². The van der Waals surface area contributed by atoms with E-state index in [0.29, 0.717) is 46.9 Å². The molecule has 9 heteroatoms. The van der Waals surface area contributed by atoms with Crippen LogP contribution in [0.15, 0.2) is 47.0 Å². The number of amides is 1. The van der Waals surface area contributed by atoms with E-state index < -0.39 is 0 Å². The number of likely N-dealkylation sites (tertiary alicyclic amines) is 1. The molecule has 2 atom stereocenters. The van der Waals surface area contributed by atoms with Crippen LogP contribution in [0, 0.1) is 19.8 Å². The number of carbonyl (C=O) groups is 1. The molecule has 3 heterocycles. The Balaban J connectivity index is 1.41. The standard InChI is InChI=1S/C25H27ClN6O2/c1-15-6-9-21(32-28-13-17(3)30-32)19(11-15)24(33)31-10-4-5-16(2)22(31)14-27-25-29-20-8-7-18(26)12-23(20)34-25/h6-9,11-13,16,22H,4-5,10,14H2,1-3H3,(H,27,29)/t16-,22?/m1/s1. The zero-order valence-corrected chi connectivity index (χ0v) is 20.2. The second kappa shape index (κ2) is 9.10. The van der Waals surface area contributed by atoms with Crippen molar-refractivity contribution in [2.75, 3.05) is 18.4 Å². The number of aryl methyl sites for hydroxylation is 2. The molecule has 1 N–H and O–H groups in total. The van der Waals surface area contributed by atoms with Crippen LogP contribution < -0.4 is 5.32 Å². The number of carbonyl (C=O) groups excluding carboxylic acids is 1. The molecule has 0 spiro atoms. The maximum absolute atomic E-state index is 13.9. The number of oxazole rings is 1. The first kappa shape index (κ1) is 22.4. The molecule has 2 aromatic heterocycles. The molecule has 1 amide bonds. The Morgan fingerprint density at radius 2 is 2.09 bits per heavy atom. The van der Waals surface area contributed by atoms with Gasteiger partial charge in [-0.25, -0.2) is 0 Å². The monoisotopic (exact) mass is 478 g/mol. The fraction of sp³-hybridized carbons (Fsp3) is 0.360. The fourth-order valence-electron chi connectivity index (χ4n) is 4.58. The van der Waals surface area contributed by atoms with Crippen LogP contribution in [0.5, 0.6) is 0 Å². The van der Waals surface area contributed by atoms with Crippen molar-refractivity contribution in [3.8, 4) is 5.69 Å². The average molecular weight is 479 g/mol. The largest absolute Gasteiger partial charge is 0.424 e. The van der Waals surface area contributed by atoms with Gasteiger partial charge < -0.3 is 14.6 Å². The molecule has 34 heavy (non-hydrogen) atoms. The Morgan fingerprint density at radius 3 is 2.88 bits per heavy atom. The van der Waals surface area contributed by atoms with Crippen LogP contribution in [-0.2, 0) is 0 Å². The molecule has 8 nitrogen and oxygen atoms in total. The van der Waals surface area contributed by atoms with Gasteiger partial charge >= 0.3 is 0 Å². The molecule has 5 rings (SSSR count). The third kappa shape index (κ3) is 4.37. The highest BCUT2D eigenvalue weighted by atomic mass is 35.5. The molecule has 1 aliphatic heterocycles. The highest BCUT2D eigenvalue weighted by molar-refractivity contribution is 6.31. The maximum Gasteiger partial charge on any atom is 0.295 e. The first-order valence-corrected chi connectivity index (χ1v) is 11.9. The Labute approximate surface area is 202 Å². The van der Waals surface area contributed by atoms with Gasteiger partial charge in [0.25, 0.3) is 11.9 Å². The summed E-state index contributed by atoms with van der Waals surface area (Å²) < 4.78 is 5.82. The molecule has 1 aliphatic rings. The lowest BCUT2D eigenvalue weighted by Gasteiger charge is -2.40. The minimum absolute atomic E-state index is 0.0134. The first-order valence-electron chi connectivity index (χ1n) is 11.5. The van der Waals surface area contributed by atoms with E-state index in [1.165, 1.54) is 4.80 Å². The zero-order chi connectivity index (χ0) is 23.8. The predicted molar refractivity (Wildman–Crippen MR) is 132 cm³/mol. The van der Waals surface area contributed by atoms with Crippen molar-refractivity contribution in [3.63, 3.8) is 0 Å². The van der Waals surface area contributed by atoms with Crippen LogP contribution in [0.1, 0.15) is 41.4 Å². The summed E-state index contributed by atoms with van der Waals surface area (Å²) in [7, 11) is 0. The van der Waals surface area contributed by atoms with E-state index in [2.05, 4.69) is 27.4 Å². The molecule has 176 valence electrons. The van der Waals surface area contributed by atoms with Crippen molar-refractivity contribution in [1.82, 2.24) is 24.9 Å². The summed E-state index contributed by atoms with van der Waals surface area (Å²) in [4.78, 5) is 21.9. The topological polar surface area (TPSA) is 89.1 Å². The van der Waals surface area contributed by atoms with E-state index in [0.717, 1.165) is 29.6 Å². The summed E-state index contributed by atoms with van der Waals surface area (Å²) >= 11 is 6.06. The van der Waals surface area contributed by atoms with Crippen LogP contribution in [0.2, 0.25) is 5.02 Å². The van der Waals surface area contributed by atoms with Crippen molar-refractivity contribution in [2.24, 2.45) is 5.92 Å². The molecule has 0 radical (unpaired) electrons. The second-order valence-corrected chi connectivity index (χ2v) is 9.43. The van der Waals surface area contributed by atoms with Gasteiger partial charge in [0.15, 0.2) is 5.58 Å². The molecule has 0 saturated carbocycles. The molecule has 1 saturated heterocycles. The number of fused-ring (bicyclic) bond motifs is 1. The summed E-state index contributed by atoms with van der Waals surface area (Å²) in [6.45, 7) is 7.28. The number of halogens is 1. The maximum atomic E-state index is 13.9. The number of rotatable bonds is 5. The van der Waals surface area contributed by atoms with Crippen LogP contribution in [0.4, 0.5) is 6.01 Å². The summed E-state index contributed by atoms with van der Waals surface area (Å²) in [5.41, 5.74) is 4.47. The molecule has 0 bridgehead atoms. The molecule has 2 aromatic carbocycles. The predicted octanol–water partition coefficient (Wildman–Crippen LogP) is 5.03. The Hall–Kier alpha value is -3.39. The highest BCUT2D eigenvalue weighted by Crippen LogP contribution is 2.28. The molecule has 0 aliphatic carbocycles. The minimum atomic E-state index is -0.0173. The van der Waals surface area contributed by atoms with Crippen molar-refractivity contribution < 1.29 is 9.21 Å².